The van der Waals surface area contributed by atoms with Gasteiger partial charge in [0.2, 0.25) is 0 Å². The average Bonchev–Trinajstić information content (AvgIpc) is 3.68. The number of carbonyl (C=O) groups is 1. The third kappa shape index (κ3) is 7.22. The number of rotatable bonds is 11. The number of hydrogen-bond donors (Lipinski definition) is 2. The Balaban J connectivity index is 1.65. The molecule has 0 bridgehead atoms. The third-order valence-electron chi connectivity index (χ3n) is 6.20. The van der Waals surface area contributed by atoms with Crippen LogP contribution in [0.2, 0.25) is 0 Å². The van der Waals surface area contributed by atoms with Gasteiger partial charge in [-0.1, -0.05) is 12.1 Å². The van der Waals surface area contributed by atoms with E-state index in [1.54, 1.807) is 6.07 Å². The van der Waals surface area contributed by atoms with Crippen molar-refractivity contribution in [2.45, 2.75) is 43.8 Å². The molecule has 0 radical (unpaired) electrons. The molecule has 0 unspecified atom stereocenters. The summed E-state index contributed by atoms with van der Waals surface area (Å²) in [6.45, 7) is 2.45. The normalized spacial score (nSPS) is 13.8. The van der Waals surface area contributed by atoms with Crippen LogP contribution < -0.4 is 9.62 Å². The van der Waals surface area contributed by atoms with Crippen molar-refractivity contribution in [1.82, 2.24) is 9.97 Å². The molecule has 1 aliphatic carbocycles. The zero-order chi connectivity index (χ0) is 28.4. The smallest absolute Gasteiger partial charge is 0.418 e. The highest BCUT2D eigenvalue weighted by molar-refractivity contribution is 7.92. The predicted molar refractivity (Wildman–Crippen MR) is 136 cm³/mol. The maximum absolute atomic E-state index is 13.9. The molecule has 1 aliphatic rings. The maximum atomic E-state index is 13.9. The van der Waals surface area contributed by atoms with Crippen LogP contribution in [-0.2, 0) is 21.0 Å². The summed E-state index contributed by atoms with van der Waals surface area (Å²) in [6, 6.07) is 9.23. The van der Waals surface area contributed by atoms with Crippen molar-refractivity contribution >= 4 is 27.6 Å². The van der Waals surface area contributed by atoms with Crippen molar-refractivity contribution in [3.05, 3.63) is 65.5 Å². The molecule has 4 rings (SSSR count). The van der Waals surface area contributed by atoms with Crippen LogP contribution >= 0.6 is 0 Å². The number of nitrogens with one attached hydrogen (secondary N) is 1. The van der Waals surface area contributed by atoms with E-state index in [9.17, 15) is 30.8 Å². The van der Waals surface area contributed by atoms with Gasteiger partial charge in [0.05, 0.1) is 11.3 Å². The SMILES string of the molecule is Cc1ccc(F)cc1-c1nc(NS(=O)(=O)c2cccc(N(CCCC(=O)O)CC3CC3)n2)ccc1C(F)(F)F. The fourth-order valence-electron chi connectivity index (χ4n) is 4.05. The quantitative estimate of drug-likeness (QED) is 0.295. The second kappa shape index (κ2) is 11.2. The van der Waals surface area contributed by atoms with Crippen molar-refractivity contribution in [3.63, 3.8) is 0 Å². The van der Waals surface area contributed by atoms with Crippen LogP contribution in [0, 0.1) is 18.7 Å². The number of hydrogen-bond acceptors (Lipinski definition) is 6. The Morgan fingerprint density at radius 1 is 1.13 bits per heavy atom. The number of aromatic nitrogens is 2. The lowest BCUT2D eigenvalue weighted by molar-refractivity contribution is -0.138. The summed E-state index contributed by atoms with van der Waals surface area (Å²) in [6.07, 6.45) is -2.49. The molecule has 0 aliphatic heterocycles. The van der Waals surface area contributed by atoms with Gasteiger partial charge in [-0.2, -0.15) is 21.6 Å². The first-order valence-electron chi connectivity index (χ1n) is 12.1. The number of anilines is 2. The van der Waals surface area contributed by atoms with Gasteiger partial charge in [0.15, 0.2) is 5.03 Å². The van der Waals surface area contributed by atoms with E-state index < -0.39 is 45.1 Å². The molecule has 2 N–H and O–H groups in total. The second-order valence-electron chi connectivity index (χ2n) is 9.38. The number of pyridine rings is 2. The van der Waals surface area contributed by atoms with Gasteiger partial charge in [0, 0.05) is 25.1 Å². The van der Waals surface area contributed by atoms with Gasteiger partial charge in [0.1, 0.15) is 17.5 Å². The molecule has 39 heavy (non-hydrogen) atoms. The van der Waals surface area contributed by atoms with Crippen molar-refractivity contribution in [2.75, 3.05) is 22.7 Å². The molecule has 0 atom stereocenters. The third-order valence-corrected chi connectivity index (χ3v) is 7.45. The number of sulfonamides is 1. The van der Waals surface area contributed by atoms with E-state index in [4.69, 9.17) is 5.11 Å². The van der Waals surface area contributed by atoms with Crippen molar-refractivity contribution < 1.29 is 35.9 Å². The number of nitrogens with zero attached hydrogens (tertiary/aromatic N) is 3. The van der Waals surface area contributed by atoms with Gasteiger partial charge in [-0.25, -0.2) is 14.4 Å². The molecule has 0 saturated heterocycles. The van der Waals surface area contributed by atoms with E-state index in [0.717, 1.165) is 31.0 Å². The van der Waals surface area contributed by atoms with Crippen LogP contribution in [0.5, 0.6) is 0 Å². The number of carboxylic acids is 1. The first kappa shape index (κ1) is 28.3. The molecule has 0 amide bonds. The molecule has 2 aromatic heterocycles. The van der Waals surface area contributed by atoms with E-state index in [1.807, 2.05) is 4.90 Å². The highest BCUT2D eigenvalue weighted by atomic mass is 32.2. The number of benzene rings is 1. The molecule has 2 heterocycles. The average molecular weight is 567 g/mol. The standard InChI is InChI=1S/C26H26F4N4O4S/c1-16-7-10-18(27)14-19(16)25-20(26(28,29)30)11-12-21(31-25)33-39(37,38)23-5-2-4-22(32-23)34(15-17-8-9-17)13-3-6-24(35)36/h2,4-5,7,10-12,14,17H,3,6,8-9,13,15H2,1H3,(H,31,33)(H,35,36). The van der Waals surface area contributed by atoms with Gasteiger partial charge in [-0.3, -0.25) is 9.52 Å². The maximum Gasteiger partial charge on any atom is 0.418 e. The Labute approximate surface area is 222 Å². The van der Waals surface area contributed by atoms with Gasteiger partial charge in [-0.15, -0.1) is 0 Å². The number of aliphatic carboxylic acids is 1. The predicted octanol–water partition coefficient (Wildman–Crippen LogP) is 5.49. The van der Waals surface area contributed by atoms with Gasteiger partial charge >= 0.3 is 12.1 Å². The van der Waals surface area contributed by atoms with E-state index in [1.165, 1.54) is 25.1 Å². The van der Waals surface area contributed by atoms with Crippen LogP contribution in [0.15, 0.2) is 53.6 Å². The minimum atomic E-state index is -4.82. The number of alkyl halides is 3. The molecule has 1 fully saturated rings. The molecule has 1 saturated carbocycles. The lowest BCUT2D eigenvalue weighted by atomic mass is 10.0. The summed E-state index contributed by atoms with van der Waals surface area (Å²) < 4.78 is 83.6. The molecule has 208 valence electrons. The zero-order valence-electron chi connectivity index (χ0n) is 20.9. The molecular formula is C26H26F4N4O4S. The molecule has 8 nitrogen and oxygen atoms in total. The second-order valence-corrected chi connectivity index (χ2v) is 11.0. The van der Waals surface area contributed by atoms with Crippen LogP contribution in [0.25, 0.3) is 11.3 Å². The molecule has 3 aromatic rings. The minimum absolute atomic E-state index is 0.0482. The topological polar surface area (TPSA) is 112 Å². The summed E-state index contributed by atoms with van der Waals surface area (Å²) >= 11 is 0. The molecule has 13 heteroatoms. The first-order chi connectivity index (χ1) is 18.3. The lowest BCUT2D eigenvalue weighted by Gasteiger charge is -2.24. The summed E-state index contributed by atoms with van der Waals surface area (Å²) in [5.41, 5.74) is -1.56. The van der Waals surface area contributed by atoms with Gasteiger partial charge in [-0.05, 0) is 74.1 Å². The zero-order valence-corrected chi connectivity index (χ0v) is 21.7. The van der Waals surface area contributed by atoms with Gasteiger partial charge in [0.25, 0.3) is 10.0 Å². The van der Waals surface area contributed by atoms with Crippen molar-refractivity contribution in [3.8, 4) is 11.3 Å². The number of aryl methyl sites for hydroxylation is 1. The largest absolute Gasteiger partial charge is 0.481 e. The fourth-order valence-corrected chi connectivity index (χ4v) is 5.02. The Morgan fingerprint density at radius 2 is 1.87 bits per heavy atom. The van der Waals surface area contributed by atoms with Crippen LogP contribution in [0.3, 0.4) is 0 Å². The van der Waals surface area contributed by atoms with E-state index >= 15 is 0 Å². The highest BCUT2D eigenvalue weighted by Crippen LogP contribution is 2.38. The number of carboxylic acid groups (broad SMARTS) is 1. The van der Waals surface area contributed by atoms with Crippen molar-refractivity contribution in [2.24, 2.45) is 5.92 Å². The highest BCUT2D eigenvalue weighted by Gasteiger charge is 2.35. The Bertz CT molecular complexity index is 1480. The van der Waals surface area contributed by atoms with Crippen LogP contribution in [0.1, 0.15) is 36.8 Å². The molecule has 1 aromatic carbocycles. The summed E-state index contributed by atoms with van der Waals surface area (Å²) in [5, 5.41) is 8.57. The summed E-state index contributed by atoms with van der Waals surface area (Å²) in [4.78, 5) is 20.9. The Kier molecular flexibility index (Phi) is 8.09. The Hall–Kier alpha value is -3.74. The fraction of sp³-hybridized carbons (Fsp3) is 0.346. The van der Waals surface area contributed by atoms with Crippen molar-refractivity contribution in [1.29, 1.82) is 0 Å². The van der Waals surface area contributed by atoms with E-state index in [2.05, 4.69) is 14.7 Å². The monoisotopic (exact) mass is 566 g/mol. The first-order valence-corrected chi connectivity index (χ1v) is 13.6. The van der Waals surface area contributed by atoms with E-state index in [-0.39, 0.29) is 17.0 Å². The van der Waals surface area contributed by atoms with Crippen LogP contribution in [0.4, 0.5) is 29.2 Å². The Morgan fingerprint density at radius 3 is 2.54 bits per heavy atom. The van der Waals surface area contributed by atoms with Crippen LogP contribution in [-0.4, -0.2) is 42.6 Å². The molecule has 0 spiro atoms. The molecular weight excluding hydrogens is 540 g/mol. The minimum Gasteiger partial charge on any atom is -0.481 e. The van der Waals surface area contributed by atoms with Gasteiger partial charge < -0.3 is 10.0 Å². The number of halogens is 4. The summed E-state index contributed by atoms with van der Waals surface area (Å²) in [5.74, 6) is -1.35. The van der Waals surface area contributed by atoms with E-state index in [0.29, 0.717) is 42.9 Å². The lowest BCUT2D eigenvalue weighted by Crippen LogP contribution is -2.29. The summed E-state index contributed by atoms with van der Waals surface area (Å²) in [7, 11) is -4.38.